The molecule has 3 nitrogen and oxygen atoms in total. The number of hydrogen-bond donors (Lipinski definition) is 0. The van der Waals surface area contributed by atoms with Gasteiger partial charge in [0, 0.05) is 17.9 Å². The van der Waals surface area contributed by atoms with Crippen molar-refractivity contribution in [2.24, 2.45) is 0 Å². The first-order chi connectivity index (χ1) is 8.09. The summed E-state index contributed by atoms with van der Waals surface area (Å²) in [6, 6.07) is 0.318. The summed E-state index contributed by atoms with van der Waals surface area (Å²) in [6.07, 6.45) is 6.41. The highest BCUT2D eigenvalue weighted by atomic mass is 79.9. The Labute approximate surface area is 114 Å². The summed E-state index contributed by atoms with van der Waals surface area (Å²) in [6.45, 7) is 1.93. The normalized spacial score (nSPS) is 24.6. The minimum atomic E-state index is 0.104. The first-order valence-electron chi connectivity index (χ1n) is 5.93. The number of thiazole rings is 1. The molecule has 1 fully saturated rings. The Balaban J connectivity index is 2.08. The number of halogens is 1. The van der Waals surface area contributed by atoms with Crippen LogP contribution in [0.5, 0.6) is 0 Å². The van der Waals surface area contributed by atoms with Crippen molar-refractivity contribution < 1.29 is 4.79 Å². The molecular weight excluding hydrogens is 300 g/mol. The Hall–Kier alpha value is -0.420. The lowest BCUT2D eigenvalue weighted by molar-refractivity contribution is 0.0709. The van der Waals surface area contributed by atoms with Crippen LogP contribution in [0.4, 0.5) is 0 Å². The smallest absolute Gasteiger partial charge is 0.265 e. The summed E-state index contributed by atoms with van der Waals surface area (Å²) in [4.78, 5) is 19.5. The molecule has 0 saturated heterocycles. The van der Waals surface area contributed by atoms with Gasteiger partial charge in [-0.2, -0.15) is 0 Å². The minimum Gasteiger partial charge on any atom is -0.337 e. The highest BCUT2D eigenvalue weighted by Crippen LogP contribution is 2.29. The fourth-order valence-electron chi connectivity index (χ4n) is 2.29. The van der Waals surface area contributed by atoms with Gasteiger partial charge in [-0.05, 0) is 19.8 Å². The van der Waals surface area contributed by atoms with E-state index >= 15 is 0 Å². The van der Waals surface area contributed by atoms with Crippen LogP contribution in [0.2, 0.25) is 0 Å². The summed E-state index contributed by atoms with van der Waals surface area (Å²) >= 11 is 5.17. The molecule has 94 valence electrons. The molecule has 17 heavy (non-hydrogen) atoms. The lowest BCUT2D eigenvalue weighted by Crippen LogP contribution is -2.43. The van der Waals surface area contributed by atoms with Crippen LogP contribution < -0.4 is 0 Å². The van der Waals surface area contributed by atoms with Crippen LogP contribution in [0.15, 0.2) is 6.20 Å². The molecule has 0 radical (unpaired) electrons. The standard InChI is InChI=1S/C12H17BrN2OS/c1-8-14-7-11(17-8)12(16)15(2)10-6-4-3-5-9(10)13/h7,9-10H,3-6H2,1-2H3. The lowest BCUT2D eigenvalue weighted by atomic mass is 9.94. The molecule has 1 heterocycles. The molecule has 2 rings (SSSR count). The van der Waals surface area contributed by atoms with Crippen molar-refractivity contribution in [3.8, 4) is 0 Å². The topological polar surface area (TPSA) is 33.2 Å². The number of hydrogen-bond acceptors (Lipinski definition) is 3. The van der Waals surface area contributed by atoms with Gasteiger partial charge in [-0.15, -0.1) is 11.3 Å². The van der Waals surface area contributed by atoms with Crippen molar-refractivity contribution in [2.45, 2.75) is 43.5 Å². The monoisotopic (exact) mass is 316 g/mol. The largest absolute Gasteiger partial charge is 0.337 e. The average molecular weight is 317 g/mol. The van der Waals surface area contributed by atoms with E-state index in [0.717, 1.165) is 22.7 Å². The molecule has 0 aliphatic heterocycles. The Bertz CT molecular complexity index is 407. The maximum absolute atomic E-state index is 12.3. The Morgan fingerprint density at radius 3 is 2.82 bits per heavy atom. The minimum absolute atomic E-state index is 0.104. The van der Waals surface area contributed by atoms with Gasteiger partial charge in [0.1, 0.15) is 4.88 Å². The Morgan fingerprint density at radius 1 is 1.53 bits per heavy atom. The van der Waals surface area contributed by atoms with E-state index in [4.69, 9.17) is 0 Å². The zero-order valence-corrected chi connectivity index (χ0v) is 12.6. The molecule has 1 saturated carbocycles. The Kier molecular flexibility index (Phi) is 4.20. The molecule has 1 aromatic heterocycles. The number of aryl methyl sites for hydroxylation is 1. The number of aromatic nitrogens is 1. The molecule has 1 aromatic rings. The zero-order valence-electron chi connectivity index (χ0n) is 10.1. The predicted octanol–water partition coefficient (Wildman–Crippen LogP) is 3.23. The summed E-state index contributed by atoms with van der Waals surface area (Å²) in [7, 11) is 1.90. The van der Waals surface area contributed by atoms with Gasteiger partial charge in [-0.3, -0.25) is 4.79 Å². The number of amides is 1. The molecule has 0 bridgehead atoms. The van der Waals surface area contributed by atoms with E-state index in [-0.39, 0.29) is 5.91 Å². The second-order valence-corrected chi connectivity index (χ2v) is 6.94. The summed E-state index contributed by atoms with van der Waals surface area (Å²) in [5.41, 5.74) is 0. The van der Waals surface area contributed by atoms with Crippen LogP contribution in [0.25, 0.3) is 0 Å². The first kappa shape index (κ1) is 13.0. The van der Waals surface area contributed by atoms with Crippen LogP contribution in [-0.2, 0) is 0 Å². The molecular formula is C12H17BrN2OS. The maximum Gasteiger partial charge on any atom is 0.265 e. The van der Waals surface area contributed by atoms with E-state index in [1.807, 2.05) is 18.9 Å². The quantitative estimate of drug-likeness (QED) is 0.785. The van der Waals surface area contributed by atoms with E-state index < -0.39 is 0 Å². The first-order valence-corrected chi connectivity index (χ1v) is 7.66. The summed E-state index contributed by atoms with van der Waals surface area (Å²) < 4.78 is 0. The van der Waals surface area contributed by atoms with Gasteiger partial charge in [0.25, 0.3) is 5.91 Å². The van der Waals surface area contributed by atoms with Crippen LogP contribution in [0.3, 0.4) is 0 Å². The molecule has 0 spiro atoms. The van der Waals surface area contributed by atoms with Crippen LogP contribution >= 0.6 is 27.3 Å². The van der Waals surface area contributed by atoms with E-state index in [0.29, 0.717) is 10.9 Å². The van der Waals surface area contributed by atoms with E-state index in [1.54, 1.807) is 6.20 Å². The molecule has 1 aliphatic rings. The van der Waals surface area contributed by atoms with Crippen LogP contribution in [0, 0.1) is 6.92 Å². The van der Waals surface area contributed by atoms with Gasteiger partial charge >= 0.3 is 0 Å². The molecule has 5 heteroatoms. The average Bonchev–Trinajstić information content (AvgIpc) is 2.75. The van der Waals surface area contributed by atoms with Gasteiger partial charge in [-0.25, -0.2) is 4.98 Å². The summed E-state index contributed by atoms with van der Waals surface area (Å²) in [5.74, 6) is 0.104. The predicted molar refractivity (Wildman–Crippen MR) is 73.9 cm³/mol. The van der Waals surface area contributed by atoms with Crippen molar-refractivity contribution in [1.29, 1.82) is 0 Å². The van der Waals surface area contributed by atoms with Crippen molar-refractivity contribution >= 4 is 33.2 Å². The molecule has 2 unspecified atom stereocenters. The third kappa shape index (κ3) is 2.88. The van der Waals surface area contributed by atoms with Crippen LogP contribution in [-0.4, -0.2) is 33.7 Å². The lowest BCUT2D eigenvalue weighted by Gasteiger charge is -2.34. The van der Waals surface area contributed by atoms with E-state index in [9.17, 15) is 4.79 Å². The van der Waals surface area contributed by atoms with Gasteiger partial charge in [-0.1, -0.05) is 28.8 Å². The fourth-order valence-corrected chi connectivity index (χ4v) is 3.99. The second-order valence-electron chi connectivity index (χ2n) is 4.53. The third-order valence-corrected chi connectivity index (χ3v) is 5.27. The molecule has 0 N–H and O–H groups in total. The van der Waals surface area contributed by atoms with Gasteiger partial charge in [0.05, 0.1) is 11.2 Å². The molecule has 1 amide bonds. The maximum atomic E-state index is 12.3. The van der Waals surface area contributed by atoms with E-state index in [2.05, 4.69) is 20.9 Å². The van der Waals surface area contributed by atoms with Crippen molar-refractivity contribution in [3.05, 3.63) is 16.1 Å². The zero-order chi connectivity index (χ0) is 12.4. The number of alkyl halides is 1. The Morgan fingerprint density at radius 2 is 2.24 bits per heavy atom. The van der Waals surface area contributed by atoms with Crippen molar-refractivity contribution in [2.75, 3.05) is 7.05 Å². The molecule has 1 aliphatic carbocycles. The highest BCUT2D eigenvalue weighted by molar-refractivity contribution is 9.09. The van der Waals surface area contributed by atoms with Crippen molar-refractivity contribution in [3.63, 3.8) is 0 Å². The van der Waals surface area contributed by atoms with Gasteiger partial charge in [0.2, 0.25) is 0 Å². The van der Waals surface area contributed by atoms with Gasteiger partial charge < -0.3 is 4.90 Å². The van der Waals surface area contributed by atoms with E-state index in [1.165, 1.54) is 24.2 Å². The number of nitrogens with zero attached hydrogens (tertiary/aromatic N) is 2. The summed E-state index contributed by atoms with van der Waals surface area (Å²) in [5, 5.41) is 0.945. The van der Waals surface area contributed by atoms with Gasteiger partial charge in [0.15, 0.2) is 0 Å². The fraction of sp³-hybridized carbons (Fsp3) is 0.667. The van der Waals surface area contributed by atoms with Crippen molar-refractivity contribution in [1.82, 2.24) is 9.88 Å². The number of carbonyl (C=O) groups is 1. The molecule has 2 atom stereocenters. The second kappa shape index (κ2) is 5.48. The number of rotatable bonds is 2. The SMILES string of the molecule is Cc1ncc(C(=O)N(C)C2CCCCC2Br)s1. The number of carbonyl (C=O) groups excluding carboxylic acids is 1. The highest BCUT2D eigenvalue weighted by Gasteiger charge is 2.30. The third-order valence-electron chi connectivity index (χ3n) is 3.30. The van der Waals surface area contributed by atoms with Crippen LogP contribution in [0.1, 0.15) is 40.4 Å². The molecule has 0 aromatic carbocycles.